The maximum absolute atomic E-state index is 11.7. The Morgan fingerprint density at radius 2 is 2.00 bits per heavy atom. The molecule has 0 heterocycles. The molecule has 0 aliphatic rings. The van der Waals surface area contributed by atoms with Gasteiger partial charge in [0.25, 0.3) is 11.6 Å². The second-order valence-electron chi connectivity index (χ2n) is 5.05. The molecule has 0 saturated heterocycles. The van der Waals surface area contributed by atoms with E-state index in [1.165, 1.54) is 23.8 Å². The van der Waals surface area contributed by atoms with E-state index in [-0.39, 0.29) is 18.2 Å². The van der Waals surface area contributed by atoms with E-state index in [9.17, 15) is 14.9 Å². The van der Waals surface area contributed by atoms with E-state index in [1.54, 1.807) is 17.8 Å². The molecule has 0 unspecified atom stereocenters. The number of aryl methyl sites for hydroxylation is 1. The number of carbonyl (C=O) groups is 1. The van der Waals surface area contributed by atoms with Gasteiger partial charge in [-0.3, -0.25) is 14.9 Å². The Morgan fingerprint density at radius 3 is 2.71 bits per heavy atom. The number of carbonyl (C=O) groups excluding carboxylic acids is 1. The van der Waals surface area contributed by atoms with Crippen LogP contribution >= 0.6 is 11.8 Å². The van der Waals surface area contributed by atoms with Crippen LogP contribution in [0.2, 0.25) is 0 Å². The smallest absolute Gasteiger partial charge is 0.273 e. The highest BCUT2D eigenvalue weighted by Crippen LogP contribution is 2.19. The lowest BCUT2D eigenvalue weighted by atomic mass is 10.2. The summed E-state index contributed by atoms with van der Waals surface area (Å²) >= 11 is 1.66. The van der Waals surface area contributed by atoms with Gasteiger partial charge in [0, 0.05) is 23.3 Å². The van der Waals surface area contributed by atoms with Gasteiger partial charge in [-0.25, -0.2) is 0 Å². The second-order valence-corrected chi connectivity index (χ2v) is 6.22. The fourth-order valence-corrected chi connectivity index (χ4v) is 2.65. The Hall–Kier alpha value is -2.54. The van der Waals surface area contributed by atoms with E-state index < -0.39 is 4.92 Å². The number of amides is 1. The van der Waals surface area contributed by atoms with Crippen molar-refractivity contribution < 1.29 is 14.5 Å². The quantitative estimate of drug-likeness (QED) is 0.344. The third-order valence-electron chi connectivity index (χ3n) is 3.11. The number of nitro groups is 1. The number of thioether (sulfide) groups is 1. The van der Waals surface area contributed by atoms with E-state index in [2.05, 4.69) is 5.32 Å². The SMILES string of the molecule is Cc1ccc(SCCNC(=O)COc2cccc([N+](=O)[O-])c2)cc1. The first-order valence-corrected chi connectivity index (χ1v) is 8.36. The standard InChI is InChI=1S/C17H18N2O4S/c1-13-5-7-16(8-6-13)24-10-9-18-17(20)12-23-15-4-2-3-14(11-15)19(21)22/h2-8,11H,9-10,12H2,1H3,(H,18,20). The molecule has 1 amide bonds. The molecule has 126 valence electrons. The average molecular weight is 346 g/mol. The minimum absolute atomic E-state index is 0.0672. The van der Waals surface area contributed by atoms with Crippen molar-refractivity contribution in [3.8, 4) is 5.75 Å². The zero-order chi connectivity index (χ0) is 17.4. The lowest BCUT2D eigenvalue weighted by Crippen LogP contribution is -2.30. The molecular formula is C17H18N2O4S. The van der Waals surface area contributed by atoms with Crippen molar-refractivity contribution in [2.24, 2.45) is 0 Å². The average Bonchev–Trinajstić information content (AvgIpc) is 2.58. The Morgan fingerprint density at radius 1 is 1.25 bits per heavy atom. The van der Waals surface area contributed by atoms with Gasteiger partial charge in [0.2, 0.25) is 0 Å². The summed E-state index contributed by atoms with van der Waals surface area (Å²) in [4.78, 5) is 23.0. The van der Waals surface area contributed by atoms with Gasteiger partial charge in [0.05, 0.1) is 11.0 Å². The largest absolute Gasteiger partial charge is 0.484 e. The topological polar surface area (TPSA) is 81.5 Å². The molecule has 0 fully saturated rings. The van der Waals surface area contributed by atoms with Gasteiger partial charge >= 0.3 is 0 Å². The maximum atomic E-state index is 11.7. The number of nitro benzene ring substituents is 1. The van der Waals surface area contributed by atoms with Crippen molar-refractivity contribution in [2.75, 3.05) is 18.9 Å². The van der Waals surface area contributed by atoms with Gasteiger partial charge in [-0.2, -0.15) is 0 Å². The first kappa shape index (κ1) is 17.8. The Kier molecular flexibility index (Phi) is 6.62. The van der Waals surface area contributed by atoms with Gasteiger partial charge in [-0.05, 0) is 25.1 Å². The van der Waals surface area contributed by atoms with Gasteiger partial charge in [0.15, 0.2) is 6.61 Å². The summed E-state index contributed by atoms with van der Waals surface area (Å²) in [5.74, 6) is 0.797. The zero-order valence-electron chi connectivity index (χ0n) is 13.2. The number of rotatable bonds is 8. The van der Waals surface area contributed by atoms with Crippen LogP contribution < -0.4 is 10.1 Å². The summed E-state index contributed by atoms with van der Waals surface area (Å²) in [5.41, 5.74) is 1.15. The highest BCUT2D eigenvalue weighted by atomic mass is 32.2. The predicted octanol–water partition coefficient (Wildman–Crippen LogP) is 3.19. The molecule has 7 heteroatoms. The van der Waals surface area contributed by atoms with Crippen LogP contribution in [-0.2, 0) is 4.79 Å². The van der Waals surface area contributed by atoms with Crippen LogP contribution in [0.5, 0.6) is 5.75 Å². The van der Waals surface area contributed by atoms with Gasteiger partial charge in [-0.15, -0.1) is 11.8 Å². The summed E-state index contributed by atoms with van der Waals surface area (Å²) in [7, 11) is 0. The van der Waals surface area contributed by atoms with Crippen LogP contribution in [0.4, 0.5) is 5.69 Å². The van der Waals surface area contributed by atoms with Crippen LogP contribution in [-0.4, -0.2) is 29.7 Å². The van der Waals surface area contributed by atoms with Gasteiger partial charge in [-0.1, -0.05) is 23.8 Å². The third-order valence-corrected chi connectivity index (χ3v) is 4.13. The van der Waals surface area contributed by atoms with Crippen molar-refractivity contribution in [3.05, 3.63) is 64.2 Å². The Balaban J connectivity index is 1.67. The first-order chi connectivity index (χ1) is 11.5. The van der Waals surface area contributed by atoms with Crippen LogP contribution in [0.25, 0.3) is 0 Å². The number of benzene rings is 2. The number of ether oxygens (including phenoxy) is 1. The van der Waals surface area contributed by atoms with E-state index in [4.69, 9.17) is 4.74 Å². The lowest BCUT2D eigenvalue weighted by molar-refractivity contribution is -0.384. The van der Waals surface area contributed by atoms with E-state index >= 15 is 0 Å². The molecule has 2 aromatic rings. The fraction of sp³-hybridized carbons (Fsp3) is 0.235. The number of nitrogens with one attached hydrogen (secondary N) is 1. The normalized spacial score (nSPS) is 10.2. The molecule has 1 N–H and O–H groups in total. The molecule has 0 saturated carbocycles. The molecule has 0 aliphatic heterocycles. The third kappa shape index (κ3) is 5.92. The molecule has 0 aromatic heterocycles. The van der Waals surface area contributed by atoms with Crippen LogP contribution in [0.1, 0.15) is 5.56 Å². The highest BCUT2D eigenvalue weighted by molar-refractivity contribution is 7.99. The molecule has 0 spiro atoms. The second kappa shape index (κ2) is 8.93. The van der Waals surface area contributed by atoms with E-state index in [0.29, 0.717) is 12.3 Å². The molecule has 24 heavy (non-hydrogen) atoms. The minimum atomic E-state index is -0.505. The Labute approximate surface area is 144 Å². The summed E-state index contributed by atoms with van der Waals surface area (Å²) in [5, 5.41) is 13.4. The first-order valence-electron chi connectivity index (χ1n) is 7.38. The van der Waals surface area contributed by atoms with Crippen molar-refractivity contribution >= 4 is 23.4 Å². The number of nitrogens with zero attached hydrogens (tertiary/aromatic N) is 1. The zero-order valence-corrected chi connectivity index (χ0v) is 14.0. The summed E-state index contributed by atoms with van der Waals surface area (Å²) in [6, 6.07) is 14.0. The van der Waals surface area contributed by atoms with Crippen LogP contribution in [0.3, 0.4) is 0 Å². The minimum Gasteiger partial charge on any atom is -0.484 e. The van der Waals surface area contributed by atoms with Crippen LogP contribution in [0.15, 0.2) is 53.4 Å². The van der Waals surface area contributed by atoms with Gasteiger partial charge < -0.3 is 10.1 Å². The number of hydrogen-bond donors (Lipinski definition) is 1. The summed E-state index contributed by atoms with van der Waals surface area (Å²) < 4.78 is 5.26. The Bertz CT molecular complexity index is 704. The van der Waals surface area contributed by atoms with Crippen LogP contribution in [0, 0.1) is 17.0 Å². The van der Waals surface area contributed by atoms with Crippen molar-refractivity contribution in [2.45, 2.75) is 11.8 Å². The maximum Gasteiger partial charge on any atom is 0.273 e. The lowest BCUT2D eigenvalue weighted by Gasteiger charge is -2.07. The monoisotopic (exact) mass is 346 g/mol. The highest BCUT2D eigenvalue weighted by Gasteiger charge is 2.08. The van der Waals surface area contributed by atoms with Crippen molar-refractivity contribution in [3.63, 3.8) is 0 Å². The molecule has 2 rings (SSSR count). The van der Waals surface area contributed by atoms with E-state index in [0.717, 1.165) is 10.6 Å². The van der Waals surface area contributed by atoms with Gasteiger partial charge in [0.1, 0.15) is 5.75 Å². The number of non-ortho nitro benzene ring substituents is 1. The predicted molar refractivity (Wildman–Crippen MR) is 93.5 cm³/mol. The molecular weight excluding hydrogens is 328 g/mol. The fourth-order valence-electron chi connectivity index (χ4n) is 1.88. The molecule has 2 aromatic carbocycles. The molecule has 0 bridgehead atoms. The van der Waals surface area contributed by atoms with E-state index in [1.807, 2.05) is 31.2 Å². The molecule has 0 atom stereocenters. The van der Waals surface area contributed by atoms with Crippen molar-refractivity contribution in [1.82, 2.24) is 5.32 Å². The van der Waals surface area contributed by atoms with Crippen molar-refractivity contribution in [1.29, 1.82) is 0 Å². The summed E-state index contributed by atoms with van der Waals surface area (Å²) in [6.45, 7) is 2.39. The molecule has 0 aliphatic carbocycles. The molecule has 0 radical (unpaired) electrons. The number of hydrogen-bond acceptors (Lipinski definition) is 5. The molecule has 6 nitrogen and oxygen atoms in total. The summed E-state index contributed by atoms with van der Waals surface area (Å²) in [6.07, 6.45) is 0.